The van der Waals surface area contributed by atoms with Gasteiger partial charge in [-0.25, -0.2) is 4.79 Å². The Morgan fingerprint density at radius 2 is 1.94 bits per heavy atom. The van der Waals surface area contributed by atoms with Gasteiger partial charge in [0.05, 0.1) is 20.1 Å². The van der Waals surface area contributed by atoms with Crippen molar-refractivity contribution >= 4 is 35.8 Å². The minimum Gasteiger partial charge on any atom is -0.493 e. The van der Waals surface area contributed by atoms with Gasteiger partial charge in [0.2, 0.25) is 5.91 Å². The van der Waals surface area contributed by atoms with Gasteiger partial charge in [0.25, 0.3) is 5.91 Å². The number of aliphatic imine (C=N–C) groups is 1. The van der Waals surface area contributed by atoms with E-state index in [1.807, 2.05) is 0 Å². The summed E-state index contributed by atoms with van der Waals surface area (Å²) >= 11 is 0. The molecule has 0 bridgehead atoms. The second-order valence-corrected chi connectivity index (χ2v) is 7.94. The first-order valence-electron chi connectivity index (χ1n) is 10.8. The van der Waals surface area contributed by atoms with Gasteiger partial charge in [0.1, 0.15) is 11.7 Å². The van der Waals surface area contributed by atoms with Crippen molar-refractivity contribution in [3.05, 3.63) is 29.5 Å². The maximum Gasteiger partial charge on any atom is 0.336 e. The molecule has 14 heteroatoms. The largest absolute Gasteiger partial charge is 0.493 e. The number of methoxy groups -OCH3 is 1. The van der Waals surface area contributed by atoms with E-state index in [9.17, 15) is 24.3 Å². The summed E-state index contributed by atoms with van der Waals surface area (Å²) in [6.07, 6.45) is 0.725. The van der Waals surface area contributed by atoms with Crippen LogP contribution in [-0.4, -0.2) is 76.9 Å². The van der Waals surface area contributed by atoms with Crippen LogP contribution < -0.4 is 31.6 Å². The molecule has 0 unspecified atom stereocenters. The van der Waals surface area contributed by atoms with Gasteiger partial charge in [-0.2, -0.15) is 0 Å². The van der Waals surface area contributed by atoms with Crippen molar-refractivity contribution in [2.45, 2.75) is 37.3 Å². The first-order chi connectivity index (χ1) is 16.9. The number of carbonyl (C=O) groups is 4. The minimum atomic E-state index is -2.51. The van der Waals surface area contributed by atoms with Gasteiger partial charge in [-0.05, 0) is 36.6 Å². The molecule has 1 saturated heterocycles. The molecule has 0 aliphatic carbocycles. The number of nitrogens with two attached hydrogens (primary N) is 2. The highest BCUT2D eigenvalue weighted by Gasteiger charge is 2.38. The lowest BCUT2D eigenvalue weighted by Gasteiger charge is -2.25. The van der Waals surface area contributed by atoms with E-state index in [2.05, 4.69) is 15.6 Å². The molecule has 9 N–H and O–H groups in total. The van der Waals surface area contributed by atoms with Gasteiger partial charge in [0.15, 0.2) is 23.1 Å². The summed E-state index contributed by atoms with van der Waals surface area (Å²) in [4.78, 5) is 50.9. The van der Waals surface area contributed by atoms with Crippen LogP contribution in [0.25, 0.3) is 6.08 Å². The lowest BCUT2D eigenvalue weighted by atomic mass is 9.96. The molecule has 1 aromatic carbocycles. The quantitative estimate of drug-likeness (QED) is 0.0721. The number of carboxylic acid groups (broad SMARTS) is 2. The highest BCUT2D eigenvalue weighted by Crippen LogP contribution is 2.30. The zero-order valence-electron chi connectivity index (χ0n) is 19.5. The Hall–Kier alpha value is -4.33. The van der Waals surface area contributed by atoms with Crippen molar-refractivity contribution in [1.29, 1.82) is 0 Å². The monoisotopic (exact) mass is 507 g/mol. The Kier molecular flexibility index (Phi) is 9.61. The molecule has 2 amide bonds. The second kappa shape index (κ2) is 12.4. The summed E-state index contributed by atoms with van der Waals surface area (Å²) in [5, 5.41) is 33.3. The van der Waals surface area contributed by atoms with E-state index in [1.165, 1.54) is 25.3 Å². The first kappa shape index (κ1) is 27.9. The van der Waals surface area contributed by atoms with E-state index in [0.29, 0.717) is 24.9 Å². The zero-order valence-corrected chi connectivity index (χ0v) is 19.5. The molecule has 36 heavy (non-hydrogen) atoms. The average molecular weight is 508 g/mol. The Balaban J connectivity index is 2.09. The Bertz CT molecular complexity index is 1070. The molecule has 1 fully saturated rings. The topological polar surface area (TPSA) is 236 Å². The SMILES string of the molecule is COc1ccc(/C=C2\NC(=O)[C@H](CCCN=C(N)N)NC2=O)cc1OCC[C@](O)(CC(=O)O)C(=O)O. The van der Waals surface area contributed by atoms with Crippen LogP contribution in [0.1, 0.15) is 31.2 Å². The summed E-state index contributed by atoms with van der Waals surface area (Å²) in [5.74, 6) is -3.70. The van der Waals surface area contributed by atoms with E-state index in [0.717, 1.165) is 0 Å². The number of aliphatic carboxylic acids is 2. The van der Waals surface area contributed by atoms with E-state index < -0.39 is 48.2 Å². The van der Waals surface area contributed by atoms with Crippen LogP contribution in [0.3, 0.4) is 0 Å². The van der Waals surface area contributed by atoms with Gasteiger partial charge in [-0.1, -0.05) is 6.07 Å². The molecule has 2 atom stereocenters. The van der Waals surface area contributed by atoms with Gasteiger partial charge in [-0.3, -0.25) is 19.4 Å². The predicted octanol–water partition coefficient (Wildman–Crippen LogP) is -1.24. The molecular formula is C22H29N5O9. The number of carboxylic acids is 2. The fraction of sp³-hybridized carbons (Fsp3) is 0.409. The smallest absolute Gasteiger partial charge is 0.336 e. The van der Waals surface area contributed by atoms with E-state index in [-0.39, 0.29) is 29.8 Å². The van der Waals surface area contributed by atoms with Crippen LogP contribution >= 0.6 is 0 Å². The number of aliphatic hydroxyl groups is 1. The number of hydrogen-bond donors (Lipinski definition) is 7. The average Bonchev–Trinajstić information content (AvgIpc) is 2.79. The van der Waals surface area contributed by atoms with Gasteiger partial charge in [-0.15, -0.1) is 0 Å². The zero-order chi connectivity index (χ0) is 26.9. The third-order valence-corrected chi connectivity index (χ3v) is 5.18. The van der Waals surface area contributed by atoms with Crippen molar-refractivity contribution in [3.63, 3.8) is 0 Å². The molecule has 1 aliphatic rings. The summed E-state index contributed by atoms with van der Waals surface area (Å²) in [6.45, 7) is -0.0231. The fourth-order valence-corrected chi connectivity index (χ4v) is 3.30. The van der Waals surface area contributed by atoms with Gasteiger partial charge in [0, 0.05) is 13.0 Å². The van der Waals surface area contributed by atoms with E-state index in [4.69, 9.17) is 31.2 Å². The lowest BCUT2D eigenvalue weighted by Crippen LogP contribution is -2.54. The molecule has 0 radical (unpaired) electrons. The number of benzene rings is 1. The van der Waals surface area contributed by atoms with Crippen LogP contribution in [0.5, 0.6) is 11.5 Å². The van der Waals surface area contributed by atoms with Crippen molar-refractivity contribution in [3.8, 4) is 11.5 Å². The molecule has 0 aromatic heterocycles. The number of guanidine groups is 1. The maximum absolute atomic E-state index is 12.5. The molecular weight excluding hydrogens is 478 g/mol. The number of nitrogens with zero attached hydrogens (tertiary/aromatic N) is 1. The highest BCUT2D eigenvalue weighted by molar-refractivity contribution is 6.07. The third kappa shape index (κ3) is 7.87. The minimum absolute atomic E-state index is 0.00157. The van der Waals surface area contributed by atoms with Crippen molar-refractivity contribution in [1.82, 2.24) is 10.6 Å². The van der Waals surface area contributed by atoms with Crippen LogP contribution in [0.2, 0.25) is 0 Å². The number of rotatable bonds is 13. The molecule has 2 rings (SSSR count). The molecule has 1 aromatic rings. The first-order valence-corrected chi connectivity index (χ1v) is 10.8. The lowest BCUT2D eigenvalue weighted by molar-refractivity contribution is -0.166. The van der Waals surface area contributed by atoms with E-state index >= 15 is 0 Å². The molecule has 14 nitrogen and oxygen atoms in total. The second-order valence-electron chi connectivity index (χ2n) is 7.94. The summed E-state index contributed by atoms with van der Waals surface area (Å²) in [6, 6.07) is 3.86. The summed E-state index contributed by atoms with van der Waals surface area (Å²) < 4.78 is 10.7. The van der Waals surface area contributed by atoms with Crippen LogP contribution in [-0.2, 0) is 19.2 Å². The van der Waals surface area contributed by atoms with Crippen molar-refractivity contribution < 1.29 is 44.0 Å². The number of ether oxygens (including phenoxy) is 2. The summed E-state index contributed by atoms with van der Waals surface area (Å²) in [7, 11) is 1.38. The van der Waals surface area contributed by atoms with Crippen LogP contribution in [0.4, 0.5) is 0 Å². The highest BCUT2D eigenvalue weighted by atomic mass is 16.5. The van der Waals surface area contributed by atoms with Gasteiger partial charge >= 0.3 is 11.9 Å². The molecule has 0 saturated carbocycles. The molecule has 196 valence electrons. The van der Waals surface area contributed by atoms with Crippen LogP contribution in [0, 0.1) is 0 Å². The van der Waals surface area contributed by atoms with E-state index in [1.54, 1.807) is 6.07 Å². The molecule has 1 heterocycles. The Labute approximate surface area is 206 Å². The normalized spacial score (nSPS) is 17.9. The molecule has 0 spiro atoms. The number of amides is 2. The number of hydrogen-bond acceptors (Lipinski definition) is 8. The number of carbonyl (C=O) groups excluding carboxylic acids is 2. The number of nitrogens with one attached hydrogen (secondary N) is 2. The Morgan fingerprint density at radius 3 is 2.56 bits per heavy atom. The maximum atomic E-state index is 12.5. The Morgan fingerprint density at radius 1 is 1.22 bits per heavy atom. The summed E-state index contributed by atoms with van der Waals surface area (Å²) in [5.41, 5.74) is 8.44. The number of piperazine rings is 1. The fourth-order valence-electron chi connectivity index (χ4n) is 3.30. The van der Waals surface area contributed by atoms with Gasteiger partial charge < -0.3 is 46.9 Å². The third-order valence-electron chi connectivity index (χ3n) is 5.18. The predicted molar refractivity (Wildman–Crippen MR) is 126 cm³/mol. The van der Waals surface area contributed by atoms with Crippen molar-refractivity contribution in [2.75, 3.05) is 20.3 Å². The van der Waals surface area contributed by atoms with Crippen LogP contribution in [0.15, 0.2) is 28.9 Å². The molecule has 1 aliphatic heterocycles. The van der Waals surface area contributed by atoms with Crippen molar-refractivity contribution in [2.24, 2.45) is 16.5 Å². The standard InChI is InChI=1S/C22H29N5O9/c1-35-15-5-4-12(10-16(15)36-8-6-22(34,20(32)33)11-17(28)29)9-14-19(31)26-13(18(30)27-14)3-2-7-25-21(23)24/h4-5,9-10,13,34H,2-3,6-8,11H2,1H3,(H,26,31)(H,27,30)(H,28,29)(H,32,33)(H4,23,24,25)/b14-9-/t13-,22-/m0/s1.